The molecule has 2 aromatic carbocycles. The molecule has 0 aliphatic heterocycles. The minimum atomic E-state index is -3.65. The molecule has 1 heterocycles. The summed E-state index contributed by atoms with van der Waals surface area (Å²) in [5.74, 6) is -0.750. The first-order valence-electron chi connectivity index (χ1n) is 9.06. The van der Waals surface area contributed by atoms with Gasteiger partial charge < -0.3 is 10.1 Å². The number of benzene rings is 2. The Hall–Kier alpha value is -3.01. The Morgan fingerprint density at radius 1 is 1.13 bits per heavy atom. The van der Waals surface area contributed by atoms with Gasteiger partial charge >= 0.3 is 5.97 Å². The second-order valence-electron chi connectivity index (χ2n) is 6.20. The smallest absolute Gasteiger partial charge is 0.348 e. The first-order valence-corrected chi connectivity index (χ1v) is 11.4. The highest BCUT2D eigenvalue weighted by Gasteiger charge is 2.15. The number of amides is 1. The third-order valence-corrected chi connectivity index (χ3v) is 6.63. The van der Waals surface area contributed by atoms with Crippen LogP contribution in [0.25, 0.3) is 10.1 Å². The van der Waals surface area contributed by atoms with E-state index in [2.05, 4.69) is 16.6 Å². The second kappa shape index (κ2) is 9.21. The average molecular weight is 445 g/mol. The molecule has 0 bridgehead atoms. The van der Waals surface area contributed by atoms with Gasteiger partial charge in [0.15, 0.2) is 0 Å². The molecule has 0 saturated heterocycles. The number of sulfonamides is 1. The fourth-order valence-electron chi connectivity index (χ4n) is 2.66. The van der Waals surface area contributed by atoms with Crippen LogP contribution in [-0.4, -0.2) is 33.4 Å². The van der Waals surface area contributed by atoms with Gasteiger partial charge in [-0.3, -0.25) is 4.79 Å². The van der Waals surface area contributed by atoms with E-state index in [0.717, 1.165) is 10.1 Å². The molecule has 0 unspecified atom stereocenters. The number of carbonyl (C=O) groups excluding carboxylic acids is 2. The van der Waals surface area contributed by atoms with E-state index in [0.29, 0.717) is 22.7 Å². The molecule has 1 aromatic heterocycles. The molecule has 3 rings (SSSR count). The van der Waals surface area contributed by atoms with E-state index < -0.39 is 10.0 Å². The van der Waals surface area contributed by atoms with E-state index in [1.807, 2.05) is 6.07 Å². The molecule has 0 atom stereocenters. The summed E-state index contributed by atoms with van der Waals surface area (Å²) in [6.07, 6.45) is 1.44. The summed E-state index contributed by atoms with van der Waals surface area (Å²) in [6, 6.07) is 12.7. The predicted octanol–water partition coefficient (Wildman–Crippen LogP) is 3.79. The molecular formula is C21H20N2O5S2. The van der Waals surface area contributed by atoms with E-state index in [-0.39, 0.29) is 23.3 Å². The van der Waals surface area contributed by atoms with Gasteiger partial charge in [-0.2, -0.15) is 0 Å². The number of thiophene rings is 1. The summed E-state index contributed by atoms with van der Waals surface area (Å²) in [6.45, 7) is 5.64. The van der Waals surface area contributed by atoms with Crippen molar-refractivity contribution in [3.63, 3.8) is 0 Å². The van der Waals surface area contributed by atoms with Crippen molar-refractivity contribution < 1.29 is 22.7 Å². The third-order valence-electron chi connectivity index (χ3n) is 4.10. The van der Waals surface area contributed by atoms with E-state index in [1.54, 1.807) is 25.1 Å². The fraction of sp³-hybridized carbons (Fsp3) is 0.143. The second-order valence-corrected chi connectivity index (χ2v) is 9.05. The van der Waals surface area contributed by atoms with Crippen molar-refractivity contribution in [1.82, 2.24) is 4.72 Å². The summed E-state index contributed by atoms with van der Waals surface area (Å²) in [5.41, 5.74) is 0.875. The molecule has 0 radical (unpaired) electrons. The molecule has 9 heteroatoms. The molecule has 156 valence electrons. The van der Waals surface area contributed by atoms with Gasteiger partial charge in [0.25, 0.3) is 5.91 Å². The molecular weight excluding hydrogens is 424 g/mol. The predicted molar refractivity (Wildman–Crippen MR) is 118 cm³/mol. The first kappa shape index (κ1) is 21.7. The van der Waals surface area contributed by atoms with Crippen molar-refractivity contribution in [2.75, 3.05) is 18.5 Å². The van der Waals surface area contributed by atoms with Gasteiger partial charge in [0.2, 0.25) is 10.0 Å². The molecule has 7 nitrogen and oxygen atoms in total. The number of carbonyl (C=O) groups is 2. The summed E-state index contributed by atoms with van der Waals surface area (Å²) >= 11 is 1.32. The Bertz CT molecular complexity index is 1200. The fourth-order valence-corrected chi connectivity index (χ4v) is 4.60. The van der Waals surface area contributed by atoms with Crippen LogP contribution in [0.2, 0.25) is 0 Å². The lowest BCUT2D eigenvalue weighted by molar-refractivity contribution is 0.0532. The molecule has 0 aliphatic carbocycles. The monoisotopic (exact) mass is 444 g/mol. The van der Waals surface area contributed by atoms with Gasteiger partial charge in [0.1, 0.15) is 4.88 Å². The molecule has 1 amide bonds. The molecule has 2 N–H and O–H groups in total. The van der Waals surface area contributed by atoms with Crippen LogP contribution in [-0.2, 0) is 14.8 Å². The van der Waals surface area contributed by atoms with Crippen LogP contribution in [0.4, 0.5) is 5.69 Å². The lowest BCUT2D eigenvalue weighted by Gasteiger charge is -2.07. The van der Waals surface area contributed by atoms with Crippen molar-refractivity contribution in [1.29, 1.82) is 0 Å². The van der Waals surface area contributed by atoms with Crippen molar-refractivity contribution in [3.8, 4) is 0 Å². The summed E-state index contributed by atoms with van der Waals surface area (Å²) in [4.78, 5) is 25.0. The van der Waals surface area contributed by atoms with Crippen LogP contribution in [0, 0.1) is 0 Å². The highest BCUT2D eigenvalue weighted by atomic mass is 32.2. The standard InChI is InChI=1S/C21H20N2O5S2/c1-3-11-22-30(26,27)17-8-5-14(6-9-17)20(24)23-16-7-10-18-15(12-16)13-19(29-18)21(25)28-4-2/h3,5-10,12-13,22H,1,4,11H2,2H3,(H,23,24). The lowest BCUT2D eigenvalue weighted by Crippen LogP contribution is -2.23. The quantitative estimate of drug-likeness (QED) is 0.407. The molecule has 0 spiro atoms. The molecule has 30 heavy (non-hydrogen) atoms. The van der Waals surface area contributed by atoms with Crippen molar-refractivity contribution >= 4 is 49.0 Å². The Morgan fingerprint density at radius 2 is 1.87 bits per heavy atom. The number of anilines is 1. The van der Waals surface area contributed by atoms with Crippen LogP contribution < -0.4 is 10.0 Å². The molecule has 3 aromatic rings. The van der Waals surface area contributed by atoms with Crippen LogP contribution >= 0.6 is 11.3 Å². The maximum atomic E-state index is 12.5. The minimum Gasteiger partial charge on any atom is -0.462 e. The lowest BCUT2D eigenvalue weighted by atomic mass is 10.2. The van der Waals surface area contributed by atoms with Crippen molar-refractivity contribution in [2.24, 2.45) is 0 Å². The van der Waals surface area contributed by atoms with E-state index in [1.165, 1.54) is 41.7 Å². The molecule has 0 fully saturated rings. The Kier molecular flexibility index (Phi) is 6.66. The van der Waals surface area contributed by atoms with Crippen LogP contribution in [0.15, 0.2) is 66.1 Å². The Morgan fingerprint density at radius 3 is 2.53 bits per heavy atom. The number of hydrogen-bond acceptors (Lipinski definition) is 6. The maximum Gasteiger partial charge on any atom is 0.348 e. The Balaban J connectivity index is 1.74. The summed E-state index contributed by atoms with van der Waals surface area (Å²) < 4.78 is 32.5. The summed E-state index contributed by atoms with van der Waals surface area (Å²) in [5, 5.41) is 3.59. The zero-order valence-electron chi connectivity index (χ0n) is 16.2. The van der Waals surface area contributed by atoms with Crippen molar-refractivity contribution in [3.05, 3.63) is 71.6 Å². The largest absolute Gasteiger partial charge is 0.462 e. The number of hydrogen-bond donors (Lipinski definition) is 2. The number of esters is 1. The third kappa shape index (κ3) is 4.93. The zero-order valence-corrected chi connectivity index (χ0v) is 17.8. The van der Waals surface area contributed by atoms with Crippen LogP contribution in [0.1, 0.15) is 27.0 Å². The number of fused-ring (bicyclic) bond motifs is 1. The van der Waals surface area contributed by atoms with Gasteiger partial charge in [-0.05, 0) is 60.8 Å². The number of ether oxygens (including phenoxy) is 1. The minimum absolute atomic E-state index is 0.0621. The highest BCUT2D eigenvalue weighted by molar-refractivity contribution is 7.89. The topological polar surface area (TPSA) is 102 Å². The van der Waals surface area contributed by atoms with Gasteiger partial charge in [0.05, 0.1) is 11.5 Å². The first-order chi connectivity index (χ1) is 14.3. The van der Waals surface area contributed by atoms with E-state index in [9.17, 15) is 18.0 Å². The van der Waals surface area contributed by atoms with E-state index >= 15 is 0 Å². The zero-order chi connectivity index (χ0) is 21.7. The van der Waals surface area contributed by atoms with Crippen molar-refractivity contribution in [2.45, 2.75) is 11.8 Å². The highest BCUT2D eigenvalue weighted by Crippen LogP contribution is 2.29. The maximum absolute atomic E-state index is 12.5. The van der Waals surface area contributed by atoms with Gasteiger partial charge in [-0.25, -0.2) is 17.9 Å². The Labute approximate surface area is 178 Å². The molecule has 0 saturated carbocycles. The normalized spacial score (nSPS) is 11.2. The number of rotatable bonds is 8. The van der Waals surface area contributed by atoms with Crippen LogP contribution in [0.3, 0.4) is 0 Å². The molecule has 0 aliphatic rings. The van der Waals surface area contributed by atoms with Gasteiger partial charge in [-0.15, -0.1) is 17.9 Å². The SMILES string of the molecule is C=CCNS(=O)(=O)c1ccc(C(=O)Nc2ccc3sc(C(=O)OCC)cc3c2)cc1. The summed E-state index contributed by atoms with van der Waals surface area (Å²) in [7, 11) is -3.65. The average Bonchev–Trinajstić information content (AvgIpc) is 3.16. The van der Waals surface area contributed by atoms with E-state index in [4.69, 9.17) is 4.74 Å². The number of nitrogens with one attached hydrogen (secondary N) is 2. The van der Waals surface area contributed by atoms with Gasteiger partial charge in [0, 0.05) is 22.5 Å². The van der Waals surface area contributed by atoms with Crippen LogP contribution in [0.5, 0.6) is 0 Å². The van der Waals surface area contributed by atoms with Gasteiger partial charge in [-0.1, -0.05) is 6.08 Å².